The fraction of sp³-hybridized carbons (Fsp3) is 0.471. The number of esters is 1. The van der Waals surface area contributed by atoms with Crippen molar-refractivity contribution in [1.29, 1.82) is 0 Å². The van der Waals surface area contributed by atoms with Gasteiger partial charge in [0.25, 0.3) is 0 Å². The number of carboxylic acids is 1. The second-order valence-corrected chi connectivity index (χ2v) is 7.83. The normalized spacial score (nSPS) is 12.7. The third-order valence-electron chi connectivity index (χ3n) is 3.17. The molecule has 0 spiro atoms. The predicted octanol–water partition coefficient (Wildman–Crippen LogP) is 1.51. The number of benzene rings is 1. The molecule has 0 heterocycles. The van der Waals surface area contributed by atoms with Gasteiger partial charge in [0.1, 0.15) is 17.4 Å². The van der Waals surface area contributed by atoms with E-state index in [-0.39, 0.29) is 25.0 Å². The van der Waals surface area contributed by atoms with Gasteiger partial charge in [0, 0.05) is 6.42 Å². The van der Waals surface area contributed by atoms with Gasteiger partial charge in [-0.05, 0) is 44.9 Å². The summed E-state index contributed by atoms with van der Waals surface area (Å²) in [6, 6.07) is 3.68. The van der Waals surface area contributed by atoms with Gasteiger partial charge < -0.3 is 19.3 Å². The minimum Gasteiger partial charge on any atom is -0.480 e. The van der Waals surface area contributed by atoms with Crippen LogP contribution in [0.15, 0.2) is 24.3 Å². The number of carboxylic acid groups (broad SMARTS) is 1. The molecule has 0 fully saturated rings. The molecule has 1 atom stereocenters. The highest BCUT2D eigenvalue weighted by molar-refractivity contribution is 7.81. The number of nitrogens with one attached hydrogen (secondary N) is 1. The van der Waals surface area contributed by atoms with Crippen LogP contribution in [-0.2, 0) is 36.0 Å². The molecule has 2 N–H and O–H groups in total. The average Bonchev–Trinajstić information content (AvgIpc) is 2.50. The molecule has 0 unspecified atom stereocenters. The molecule has 0 saturated heterocycles. The smallest absolute Gasteiger partial charge is 0.480 e. The van der Waals surface area contributed by atoms with Crippen LogP contribution in [0.2, 0.25) is 0 Å². The van der Waals surface area contributed by atoms with Gasteiger partial charge in [-0.3, -0.25) is 9.59 Å². The van der Waals surface area contributed by atoms with E-state index in [0.717, 1.165) is 12.1 Å². The highest BCUT2D eigenvalue weighted by atomic mass is 32.3. The van der Waals surface area contributed by atoms with E-state index in [0.29, 0.717) is 5.56 Å². The molecule has 1 rings (SSSR count). The van der Waals surface area contributed by atoms with Crippen molar-refractivity contribution >= 4 is 28.3 Å². The van der Waals surface area contributed by atoms with Gasteiger partial charge in [0.15, 0.2) is 0 Å². The van der Waals surface area contributed by atoms with Crippen molar-refractivity contribution in [3.63, 3.8) is 0 Å². The first-order valence-corrected chi connectivity index (χ1v) is 9.53. The van der Waals surface area contributed by atoms with Crippen LogP contribution in [0.25, 0.3) is 0 Å². The topological polar surface area (TPSA) is 136 Å². The SMILES string of the molecule is CC(C)(C)OC(=O)CC[C@H](NC(=O)Cc1ccc(OS(=O)(=O)F)cc1)C(=O)O. The number of hydrogen-bond donors (Lipinski definition) is 2. The summed E-state index contributed by atoms with van der Waals surface area (Å²) in [4.78, 5) is 35.0. The van der Waals surface area contributed by atoms with Gasteiger partial charge in [-0.25, -0.2) is 4.79 Å². The van der Waals surface area contributed by atoms with Gasteiger partial charge >= 0.3 is 22.4 Å². The number of halogens is 1. The summed E-state index contributed by atoms with van der Waals surface area (Å²) in [5.74, 6) is -2.77. The Morgan fingerprint density at radius 1 is 1.18 bits per heavy atom. The molecule has 0 radical (unpaired) electrons. The highest BCUT2D eigenvalue weighted by Gasteiger charge is 2.23. The number of rotatable bonds is 9. The molecule has 1 aromatic rings. The summed E-state index contributed by atoms with van der Waals surface area (Å²) in [6.07, 6.45) is -0.533. The van der Waals surface area contributed by atoms with E-state index in [4.69, 9.17) is 4.74 Å². The van der Waals surface area contributed by atoms with E-state index in [9.17, 15) is 31.8 Å². The van der Waals surface area contributed by atoms with Gasteiger partial charge in [-0.15, -0.1) is 0 Å². The molecule has 0 aliphatic heterocycles. The van der Waals surface area contributed by atoms with Crippen LogP contribution in [0.3, 0.4) is 0 Å². The maximum atomic E-state index is 12.4. The second-order valence-electron chi connectivity index (χ2n) is 6.88. The first-order valence-electron chi connectivity index (χ1n) is 8.22. The highest BCUT2D eigenvalue weighted by Crippen LogP contribution is 2.15. The average molecular weight is 419 g/mol. The molecule has 1 amide bonds. The van der Waals surface area contributed by atoms with E-state index < -0.39 is 40.0 Å². The van der Waals surface area contributed by atoms with Gasteiger partial charge in [0.2, 0.25) is 5.91 Å². The predicted molar refractivity (Wildman–Crippen MR) is 95.4 cm³/mol. The monoisotopic (exact) mass is 419 g/mol. The van der Waals surface area contributed by atoms with E-state index in [1.165, 1.54) is 12.1 Å². The zero-order valence-electron chi connectivity index (χ0n) is 15.6. The second kappa shape index (κ2) is 9.49. The van der Waals surface area contributed by atoms with Crippen molar-refractivity contribution in [2.24, 2.45) is 0 Å². The van der Waals surface area contributed by atoms with Gasteiger partial charge in [-0.1, -0.05) is 16.0 Å². The van der Waals surface area contributed by atoms with Crippen LogP contribution >= 0.6 is 0 Å². The Hall–Kier alpha value is -2.69. The Morgan fingerprint density at radius 2 is 1.75 bits per heavy atom. The maximum absolute atomic E-state index is 12.4. The first kappa shape index (κ1) is 23.3. The quantitative estimate of drug-likeness (QED) is 0.454. The molecule has 1 aromatic carbocycles. The van der Waals surface area contributed by atoms with Crippen LogP contribution in [0, 0.1) is 0 Å². The molecule has 0 aliphatic rings. The summed E-state index contributed by atoms with van der Waals surface area (Å²) >= 11 is 0. The van der Waals surface area contributed by atoms with Crippen LogP contribution < -0.4 is 9.50 Å². The van der Waals surface area contributed by atoms with Crippen molar-refractivity contribution in [3.05, 3.63) is 29.8 Å². The molecule has 156 valence electrons. The number of amides is 1. The Labute approximate surface area is 162 Å². The van der Waals surface area contributed by atoms with Crippen LogP contribution in [0.4, 0.5) is 3.89 Å². The van der Waals surface area contributed by atoms with Crippen molar-refractivity contribution in [3.8, 4) is 5.75 Å². The summed E-state index contributed by atoms with van der Waals surface area (Å²) in [6.45, 7) is 5.04. The molecule has 28 heavy (non-hydrogen) atoms. The molecule has 11 heteroatoms. The Morgan fingerprint density at radius 3 is 2.21 bits per heavy atom. The summed E-state index contributed by atoms with van der Waals surface area (Å²) in [5.41, 5.74) is -0.284. The van der Waals surface area contributed by atoms with Gasteiger partial charge in [-0.2, -0.15) is 8.42 Å². The number of ether oxygens (including phenoxy) is 1. The molecule has 9 nitrogen and oxygen atoms in total. The Balaban J connectivity index is 2.60. The summed E-state index contributed by atoms with van der Waals surface area (Å²) < 4.78 is 42.3. The number of aliphatic carboxylic acids is 1. The lowest BCUT2D eigenvalue weighted by atomic mass is 10.1. The minimum absolute atomic E-state index is 0.142. The largest absolute Gasteiger partial charge is 0.488 e. The summed E-state index contributed by atoms with van der Waals surface area (Å²) in [5, 5.41) is 11.5. The Kier molecular flexibility index (Phi) is 7.91. The molecule has 0 saturated carbocycles. The van der Waals surface area contributed by atoms with Crippen LogP contribution in [0.1, 0.15) is 39.2 Å². The molecule has 0 aromatic heterocycles. The minimum atomic E-state index is -5.15. The van der Waals surface area contributed by atoms with Crippen molar-refractivity contribution in [1.82, 2.24) is 5.32 Å². The Bertz CT molecular complexity index is 815. The lowest BCUT2D eigenvalue weighted by Crippen LogP contribution is -2.42. The fourth-order valence-corrected chi connectivity index (χ4v) is 2.46. The number of carbonyl (C=O) groups is 3. The molecule has 0 aliphatic carbocycles. The van der Waals surface area contributed by atoms with Crippen LogP contribution in [0.5, 0.6) is 5.75 Å². The van der Waals surface area contributed by atoms with Crippen molar-refractivity contribution < 1.29 is 40.7 Å². The first-order chi connectivity index (χ1) is 12.7. The zero-order valence-corrected chi connectivity index (χ0v) is 16.4. The fourth-order valence-electron chi connectivity index (χ4n) is 2.12. The lowest BCUT2D eigenvalue weighted by molar-refractivity contribution is -0.155. The van der Waals surface area contributed by atoms with E-state index in [1.807, 2.05) is 0 Å². The lowest BCUT2D eigenvalue weighted by Gasteiger charge is -2.20. The van der Waals surface area contributed by atoms with E-state index in [1.54, 1.807) is 20.8 Å². The molecular formula is C17H22FNO8S. The standard InChI is InChI=1S/C17H22FNO8S/c1-17(2,3)26-15(21)9-8-13(16(22)23)19-14(20)10-11-4-6-12(7-5-11)27-28(18,24)25/h4-7,13H,8-10H2,1-3H3,(H,19,20)(H,22,23)/t13-/m0/s1. The number of hydrogen-bond acceptors (Lipinski definition) is 7. The van der Waals surface area contributed by atoms with E-state index in [2.05, 4.69) is 9.50 Å². The maximum Gasteiger partial charge on any atom is 0.488 e. The molecule has 0 bridgehead atoms. The summed E-state index contributed by atoms with van der Waals surface area (Å²) in [7, 11) is -5.15. The number of carbonyl (C=O) groups excluding carboxylic acids is 2. The van der Waals surface area contributed by atoms with Crippen molar-refractivity contribution in [2.75, 3.05) is 0 Å². The van der Waals surface area contributed by atoms with Crippen molar-refractivity contribution in [2.45, 2.75) is 51.7 Å². The molecular weight excluding hydrogens is 397 g/mol. The third kappa shape index (κ3) is 9.86. The van der Waals surface area contributed by atoms with Crippen LogP contribution in [-0.4, -0.2) is 43.0 Å². The third-order valence-corrected chi connectivity index (χ3v) is 3.57. The van der Waals surface area contributed by atoms with E-state index >= 15 is 0 Å². The van der Waals surface area contributed by atoms with Gasteiger partial charge in [0.05, 0.1) is 6.42 Å². The zero-order chi connectivity index (χ0) is 21.5.